The van der Waals surface area contributed by atoms with Gasteiger partial charge in [-0.1, -0.05) is 41.9 Å². The maximum atomic E-state index is 12.1. The standard InChI is InChI=1S/C23H19ClO6/c24-20-8-4-5-9-21(20)29-16-22(25)30-19-12-10-17(11-13-19)23(26)28-15-14-27-18-6-2-1-3-7-18/h1-13H,14-16H2. The molecular weight excluding hydrogens is 408 g/mol. The molecule has 0 saturated carbocycles. The molecule has 3 aromatic carbocycles. The Labute approximate surface area is 178 Å². The molecule has 0 spiro atoms. The van der Waals surface area contributed by atoms with Gasteiger partial charge in [0.25, 0.3) is 0 Å². The van der Waals surface area contributed by atoms with E-state index in [2.05, 4.69) is 0 Å². The molecule has 0 aliphatic heterocycles. The Balaban J connectivity index is 1.40. The van der Waals surface area contributed by atoms with Crippen molar-refractivity contribution in [3.63, 3.8) is 0 Å². The van der Waals surface area contributed by atoms with Gasteiger partial charge >= 0.3 is 11.9 Å². The molecule has 6 nitrogen and oxygen atoms in total. The van der Waals surface area contributed by atoms with E-state index in [0.717, 1.165) is 0 Å². The van der Waals surface area contributed by atoms with Gasteiger partial charge in [-0.15, -0.1) is 0 Å². The second-order valence-electron chi connectivity index (χ2n) is 6.01. The van der Waals surface area contributed by atoms with Crippen LogP contribution in [0.1, 0.15) is 10.4 Å². The Hall–Kier alpha value is -3.51. The molecule has 0 N–H and O–H groups in total. The Morgan fingerprint density at radius 2 is 1.43 bits per heavy atom. The van der Waals surface area contributed by atoms with E-state index in [-0.39, 0.29) is 25.6 Å². The van der Waals surface area contributed by atoms with Crippen LogP contribution in [0.5, 0.6) is 17.2 Å². The van der Waals surface area contributed by atoms with Crippen LogP contribution < -0.4 is 14.2 Å². The van der Waals surface area contributed by atoms with E-state index in [1.165, 1.54) is 24.3 Å². The summed E-state index contributed by atoms with van der Waals surface area (Å²) in [5.41, 5.74) is 0.335. The summed E-state index contributed by atoms with van der Waals surface area (Å²) in [6.07, 6.45) is 0. The van der Waals surface area contributed by atoms with Gasteiger partial charge in [-0.3, -0.25) is 0 Å². The molecule has 0 atom stereocenters. The highest BCUT2D eigenvalue weighted by molar-refractivity contribution is 6.32. The number of hydrogen-bond donors (Lipinski definition) is 0. The summed E-state index contributed by atoms with van der Waals surface area (Å²) in [7, 11) is 0. The Morgan fingerprint density at radius 1 is 0.733 bits per heavy atom. The Kier molecular flexibility index (Phi) is 7.69. The molecule has 0 radical (unpaired) electrons. The molecule has 30 heavy (non-hydrogen) atoms. The zero-order chi connectivity index (χ0) is 21.2. The number of hydrogen-bond acceptors (Lipinski definition) is 6. The van der Waals surface area contributed by atoms with Crippen molar-refractivity contribution in [3.8, 4) is 17.2 Å². The molecule has 0 aliphatic rings. The van der Waals surface area contributed by atoms with Gasteiger partial charge in [-0.05, 0) is 48.5 Å². The lowest BCUT2D eigenvalue weighted by molar-refractivity contribution is -0.136. The molecule has 154 valence electrons. The Bertz CT molecular complexity index is 972. The lowest BCUT2D eigenvalue weighted by Crippen LogP contribution is -2.18. The molecule has 3 aromatic rings. The maximum absolute atomic E-state index is 12.1. The number of esters is 2. The van der Waals surface area contributed by atoms with Crippen LogP contribution in [-0.4, -0.2) is 31.8 Å². The van der Waals surface area contributed by atoms with E-state index in [1.807, 2.05) is 30.3 Å². The average Bonchev–Trinajstić information content (AvgIpc) is 2.77. The van der Waals surface area contributed by atoms with Gasteiger partial charge in [0, 0.05) is 0 Å². The summed E-state index contributed by atoms with van der Waals surface area (Å²) < 4.78 is 21.1. The van der Waals surface area contributed by atoms with E-state index < -0.39 is 11.9 Å². The number of benzene rings is 3. The third-order valence-corrected chi connectivity index (χ3v) is 4.14. The normalized spacial score (nSPS) is 10.2. The van der Waals surface area contributed by atoms with Crippen molar-refractivity contribution in [1.29, 1.82) is 0 Å². The smallest absolute Gasteiger partial charge is 0.349 e. The van der Waals surface area contributed by atoms with E-state index in [1.54, 1.807) is 24.3 Å². The van der Waals surface area contributed by atoms with Crippen molar-refractivity contribution < 1.29 is 28.5 Å². The molecular formula is C23H19ClO6. The van der Waals surface area contributed by atoms with Gasteiger partial charge < -0.3 is 18.9 Å². The molecule has 0 amide bonds. The van der Waals surface area contributed by atoms with Crippen molar-refractivity contribution in [2.24, 2.45) is 0 Å². The fraction of sp³-hybridized carbons (Fsp3) is 0.130. The molecule has 0 fully saturated rings. The minimum absolute atomic E-state index is 0.115. The van der Waals surface area contributed by atoms with E-state index in [0.29, 0.717) is 22.1 Å². The highest BCUT2D eigenvalue weighted by Crippen LogP contribution is 2.23. The molecule has 0 saturated heterocycles. The van der Waals surface area contributed by atoms with Crippen molar-refractivity contribution in [3.05, 3.63) is 89.4 Å². The lowest BCUT2D eigenvalue weighted by Gasteiger charge is -2.09. The zero-order valence-electron chi connectivity index (χ0n) is 16.0. The van der Waals surface area contributed by atoms with E-state index >= 15 is 0 Å². The van der Waals surface area contributed by atoms with Crippen LogP contribution in [0.3, 0.4) is 0 Å². The highest BCUT2D eigenvalue weighted by atomic mass is 35.5. The quantitative estimate of drug-likeness (QED) is 0.284. The summed E-state index contributed by atoms with van der Waals surface area (Å²) in [6.45, 7) is 0.0651. The minimum atomic E-state index is -0.594. The van der Waals surface area contributed by atoms with Gasteiger partial charge in [-0.25, -0.2) is 9.59 Å². The van der Waals surface area contributed by atoms with Gasteiger partial charge in [0.05, 0.1) is 10.6 Å². The fourth-order valence-corrected chi connectivity index (χ4v) is 2.60. The van der Waals surface area contributed by atoms with Gasteiger partial charge in [0.2, 0.25) is 0 Å². The van der Waals surface area contributed by atoms with Crippen molar-refractivity contribution in [2.75, 3.05) is 19.8 Å². The number of para-hydroxylation sites is 2. The first kappa shape index (κ1) is 21.2. The summed E-state index contributed by atoms with van der Waals surface area (Å²) in [5.74, 6) is 0.297. The molecule has 3 rings (SSSR count). The van der Waals surface area contributed by atoms with Crippen molar-refractivity contribution in [1.82, 2.24) is 0 Å². The molecule has 7 heteroatoms. The minimum Gasteiger partial charge on any atom is -0.490 e. The second-order valence-corrected chi connectivity index (χ2v) is 6.42. The molecule has 0 aliphatic carbocycles. The predicted molar refractivity (Wildman–Crippen MR) is 111 cm³/mol. The topological polar surface area (TPSA) is 71.1 Å². The first-order valence-corrected chi connectivity index (χ1v) is 9.52. The number of carbonyl (C=O) groups is 2. The van der Waals surface area contributed by atoms with Crippen LogP contribution in [0, 0.1) is 0 Å². The summed E-state index contributed by atoms with van der Waals surface area (Å²) in [5, 5.41) is 0.405. The van der Waals surface area contributed by atoms with Crippen LogP contribution in [0.4, 0.5) is 0 Å². The number of ether oxygens (including phenoxy) is 4. The predicted octanol–water partition coefficient (Wildman–Crippen LogP) is 4.56. The first-order valence-electron chi connectivity index (χ1n) is 9.15. The van der Waals surface area contributed by atoms with Crippen LogP contribution in [-0.2, 0) is 9.53 Å². The SMILES string of the molecule is O=C(COc1ccccc1Cl)Oc1ccc(C(=O)OCCOc2ccccc2)cc1. The maximum Gasteiger partial charge on any atom is 0.349 e. The Morgan fingerprint density at radius 3 is 2.17 bits per heavy atom. The summed E-state index contributed by atoms with van der Waals surface area (Å²) in [6, 6.07) is 22.1. The summed E-state index contributed by atoms with van der Waals surface area (Å²) in [4.78, 5) is 24.0. The van der Waals surface area contributed by atoms with Crippen LogP contribution >= 0.6 is 11.6 Å². The highest BCUT2D eigenvalue weighted by Gasteiger charge is 2.11. The molecule has 0 aromatic heterocycles. The third-order valence-electron chi connectivity index (χ3n) is 3.83. The van der Waals surface area contributed by atoms with Crippen LogP contribution in [0.15, 0.2) is 78.9 Å². The average molecular weight is 427 g/mol. The van der Waals surface area contributed by atoms with Gasteiger partial charge in [-0.2, -0.15) is 0 Å². The van der Waals surface area contributed by atoms with Crippen LogP contribution in [0.2, 0.25) is 5.02 Å². The van der Waals surface area contributed by atoms with Crippen molar-refractivity contribution >= 4 is 23.5 Å². The molecule has 0 bridgehead atoms. The molecule has 0 unspecified atom stereocenters. The van der Waals surface area contributed by atoms with Gasteiger partial charge in [0.15, 0.2) is 6.61 Å². The number of carbonyl (C=O) groups excluding carboxylic acids is 2. The number of rotatable bonds is 9. The summed E-state index contributed by atoms with van der Waals surface area (Å²) >= 11 is 5.96. The number of halogens is 1. The second kappa shape index (κ2) is 10.9. The zero-order valence-corrected chi connectivity index (χ0v) is 16.7. The first-order chi connectivity index (χ1) is 14.6. The van der Waals surface area contributed by atoms with Gasteiger partial charge in [0.1, 0.15) is 30.5 Å². The largest absolute Gasteiger partial charge is 0.490 e. The van der Waals surface area contributed by atoms with E-state index in [9.17, 15) is 9.59 Å². The molecule has 0 heterocycles. The fourth-order valence-electron chi connectivity index (χ4n) is 2.41. The monoisotopic (exact) mass is 426 g/mol. The van der Waals surface area contributed by atoms with E-state index in [4.69, 9.17) is 30.5 Å². The third kappa shape index (κ3) is 6.53. The van der Waals surface area contributed by atoms with Crippen LogP contribution in [0.25, 0.3) is 0 Å². The lowest BCUT2D eigenvalue weighted by atomic mass is 10.2. The van der Waals surface area contributed by atoms with Crippen molar-refractivity contribution in [2.45, 2.75) is 0 Å².